The highest BCUT2D eigenvalue weighted by Gasteiger charge is 2.21. The van der Waals surface area contributed by atoms with Crippen molar-refractivity contribution in [3.05, 3.63) is 54.6 Å². The minimum Gasteiger partial charge on any atom is -0.494 e. The number of carbonyl (C=O) groups is 1. The van der Waals surface area contributed by atoms with E-state index in [1.807, 2.05) is 65.2 Å². The molecule has 0 bridgehead atoms. The summed E-state index contributed by atoms with van der Waals surface area (Å²) >= 11 is 1.82. The van der Waals surface area contributed by atoms with Gasteiger partial charge in [-0.25, -0.2) is 0 Å². The molecule has 3 nitrogen and oxygen atoms in total. The van der Waals surface area contributed by atoms with E-state index in [1.54, 1.807) is 0 Å². The normalized spacial score (nSPS) is 13.5. The summed E-state index contributed by atoms with van der Waals surface area (Å²) in [5.41, 5.74) is 1.05. The van der Waals surface area contributed by atoms with Gasteiger partial charge in [-0.05, 0) is 30.7 Å². The number of benzene rings is 2. The average molecular weight is 313 g/mol. The number of thioether (sulfide) groups is 1. The van der Waals surface area contributed by atoms with Crippen LogP contribution in [0.1, 0.15) is 12.8 Å². The van der Waals surface area contributed by atoms with Crippen LogP contribution >= 0.6 is 11.8 Å². The molecule has 22 heavy (non-hydrogen) atoms. The van der Waals surface area contributed by atoms with Crippen LogP contribution in [-0.2, 0) is 4.79 Å². The number of rotatable bonds is 5. The summed E-state index contributed by atoms with van der Waals surface area (Å²) in [6.45, 7) is 1.36. The highest BCUT2D eigenvalue weighted by atomic mass is 32.2. The molecule has 0 aliphatic carbocycles. The number of fused-ring (bicyclic) bond motifs is 1. The number of hydrogen-bond acceptors (Lipinski definition) is 3. The summed E-state index contributed by atoms with van der Waals surface area (Å²) in [7, 11) is 0. The lowest BCUT2D eigenvalue weighted by atomic mass is 10.2. The fourth-order valence-electron chi connectivity index (χ4n) is 2.49. The maximum Gasteiger partial charge on any atom is 0.227 e. The van der Waals surface area contributed by atoms with Crippen molar-refractivity contribution in [2.45, 2.75) is 17.7 Å². The molecule has 0 saturated heterocycles. The van der Waals surface area contributed by atoms with Crippen molar-refractivity contribution in [3.63, 3.8) is 0 Å². The fourth-order valence-corrected chi connectivity index (χ4v) is 3.49. The molecule has 0 spiro atoms. The Labute approximate surface area is 135 Å². The zero-order chi connectivity index (χ0) is 15.2. The standard InChI is InChI=1S/C18H19NO2S/c20-18(11-6-13-21-15-7-2-1-3-8-15)19-12-14-22-17-10-5-4-9-16(17)19/h1-5,7-10H,6,11-14H2. The van der Waals surface area contributed by atoms with Crippen LogP contribution in [0.25, 0.3) is 0 Å². The second kappa shape index (κ2) is 7.36. The summed E-state index contributed by atoms with van der Waals surface area (Å²) in [5, 5.41) is 0. The number of nitrogens with zero attached hydrogens (tertiary/aromatic N) is 1. The molecule has 1 heterocycles. The smallest absolute Gasteiger partial charge is 0.227 e. The molecule has 0 atom stereocenters. The first-order chi connectivity index (χ1) is 10.8. The second-order valence-electron chi connectivity index (χ2n) is 5.13. The van der Waals surface area contributed by atoms with Crippen molar-refractivity contribution in [1.82, 2.24) is 0 Å². The molecule has 114 valence electrons. The lowest BCUT2D eigenvalue weighted by molar-refractivity contribution is -0.118. The molecule has 0 unspecified atom stereocenters. The van der Waals surface area contributed by atoms with Crippen LogP contribution in [0, 0.1) is 0 Å². The zero-order valence-electron chi connectivity index (χ0n) is 12.4. The summed E-state index contributed by atoms with van der Waals surface area (Å²) in [6, 6.07) is 17.8. The van der Waals surface area contributed by atoms with E-state index in [0.29, 0.717) is 13.0 Å². The molecule has 1 amide bonds. The Bertz CT molecular complexity index is 630. The number of carbonyl (C=O) groups excluding carboxylic acids is 1. The van der Waals surface area contributed by atoms with Crippen LogP contribution in [-0.4, -0.2) is 24.8 Å². The molecule has 0 saturated carbocycles. The van der Waals surface area contributed by atoms with E-state index in [1.165, 1.54) is 4.90 Å². The van der Waals surface area contributed by atoms with Gasteiger partial charge in [0.05, 0.1) is 12.3 Å². The van der Waals surface area contributed by atoms with E-state index in [-0.39, 0.29) is 5.91 Å². The molecule has 4 heteroatoms. The van der Waals surface area contributed by atoms with Gasteiger partial charge in [0.1, 0.15) is 5.75 Å². The monoisotopic (exact) mass is 313 g/mol. The Morgan fingerprint density at radius 3 is 2.73 bits per heavy atom. The van der Waals surface area contributed by atoms with Crippen LogP contribution in [0.5, 0.6) is 5.75 Å². The SMILES string of the molecule is O=C(CCCOc1ccccc1)N1CCSc2ccccc21. The van der Waals surface area contributed by atoms with E-state index < -0.39 is 0 Å². The van der Waals surface area contributed by atoms with E-state index in [9.17, 15) is 4.79 Å². The van der Waals surface area contributed by atoms with Crippen molar-refractivity contribution >= 4 is 23.4 Å². The summed E-state index contributed by atoms with van der Waals surface area (Å²) in [5.74, 6) is 2.00. The molecule has 0 fully saturated rings. The zero-order valence-corrected chi connectivity index (χ0v) is 13.2. The Morgan fingerprint density at radius 2 is 1.86 bits per heavy atom. The molecule has 2 aromatic carbocycles. The number of para-hydroxylation sites is 2. The first-order valence-electron chi connectivity index (χ1n) is 7.54. The molecule has 2 aromatic rings. The molecule has 0 radical (unpaired) electrons. The number of ether oxygens (including phenoxy) is 1. The molecule has 0 aromatic heterocycles. The van der Waals surface area contributed by atoms with Crippen molar-refractivity contribution < 1.29 is 9.53 Å². The van der Waals surface area contributed by atoms with Crippen LogP contribution in [0.4, 0.5) is 5.69 Å². The van der Waals surface area contributed by atoms with Gasteiger partial charge in [0.15, 0.2) is 0 Å². The predicted molar refractivity (Wildman–Crippen MR) is 90.7 cm³/mol. The summed E-state index contributed by atoms with van der Waals surface area (Å²) in [6.07, 6.45) is 1.26. The molecule has 1 aliphatic rings. The number of anilines is 1. The van der Waals surface area contributed by atoms with Gasteiger partial charge in [0.25, 0.3) is 0 Å². The number of amides is 1. The predicted octanol–water partition coefficient (Wildman–Crippen LogP) is 3.98. The third kappa shape index (κ3) is 3.63. The molecular formula is C18H19NO2S. The van der Waals surface area contributed by atoms with Crippen molar-refractivity contribution in [2.24, 2.45) is 0 Å². The average Bonchev–Trinajstić information content (AvgIpc) is 2.59. The topological polar surface area (TPSA) is 29.5 Å². The van der Waals surface area contributed by atoms with Crippen molar-refractivity contribution in [2.75, 3.05) is 23.8 Å². The minimum absolute atomic E-state index is 0.185. The van der Waals surface area contributed by atoms with Gasteiger partial charge < -0.3 is 9.64 Å². The fraction of sp³-hybridized carbons (Fsp3) is 0.278. The molecule has 1 aliphatic heterocycles. The Morgan fingerprint density at radius 1 is 1.09 bits per heavy atom. The second-order valence-corrected chi connectivity index (χ2v) is 6.26. The molecular weight excluding hydrogens is 294 g/mol. The van der Waals surface area contributed by atoms with E-state index in [2.05, 4.69) is 6.07 Å². The lowest BCUT2D eigenvalue weighted by Crippen LogP contribution is -2.35. The lowest BCUT2D eigenvalue weighted by Gasteiger charge is -2.29. The maximum absolute atomic E-state index is 12.4. The van der Waals surface area contributed by atoms with Crippen LogP contribution < -0.4 is 9.64 Å². The van der Waals surface area contributed by atoms with Gasteiger partial charge in [-0.2, -0.15) is 0 Å². The largest absolute Gasteiger partial charge is 0.494 e. The van der Waals surface area contributed by atoms with E-state index in [4.69, 9.17) is 4.74 Å². The number of hydrogen-bond donors (Lipinski definition) is 0. The van der Waals surface area contributed by atoms with Crippen molar-refractivity contribution in [3.8, 4) is 5.75 Å². The Hall–Kier alpha value is -1.94. The van der Waals surface area contributed by atoms with E-state index in [0.717, 1.165) is 30.2 Å². The quantitative estimate of drug-likeness (QED) is 0.782. The molecule has 3 rings (SSSR count). The van der Waals surface area contributed by atoms with Crippen LogP contribution in [0.15, 0.2) is 59.5 Å². The third-order valence-corrected chi connectivity index (χ3v) is 4.62. The van der Waals surface area contributed by atoms with Gasteiger partial charge >= 0.3 is 0 Å². The van der Waals surface area contributed by atoms with Crippen LogP contribution in [0.3, 0.4) is 0 Å². The van der Waals surface area contributed by atoms with Gasteiger partial charge in [-0.15, -0.1) is 11.8 Å². The molecule has 0 N–H and O–H groups in total. The Kier molecular flexibility index (Phi) is 5.01. The first kappa shape index (κ1) is 15.0. The highest BCUT2D eigenvalue weighted by Crippen LogP contribution is 2.34. The van der Waals surface area contributed by atoms with Gasteiger partial charge in [-0.1, -0.05) is 30.3 Å². The summed E-state index contributed by atoms with van der Waals surface area (Å²) in [4.78, 5) is 15.5. The first-order valence-corrected chi connectivity index (χ1v) is 8.53. The Balaban J connectivity index is 1.51. The van der Waals surface area contributed by atoms with Gasteiger partial charge in [0.2, 0.25) is 5.91 Å². The maximum atomic E-state index is 12.4. The van der Waals surface area contributed by atoms with E-state index >= 15 is 0 Å². The highest BCUT2D eigenvalue weighted by molar-refractivity contribution is 7.99. The summed E-state index contributed by atoms with van der Waals surface area (Å²) < 4.78 is 5.64. The van der Waals surface area contributed by atoms with Gasteiger partial charge in [-0.3, -0.25) is 4.79 Å². The third-order valence-electron chi connectivity index (χ3n) is 3.58. The minimum atomic E-state index is 0.185. The van der Waals surface area contributed by atoms with Crippen molar-refractivity contribution in [1.29, 1.82) is 0 Å². The van der Waals surface area contributed by atoms with Crippen LogP contribution in [0.2, 0.25) is 0 Å². The van der Waals surface area contributed by atoms with Gasteiger partial charge in [0, 0.05) is 23.6 Å².